The molecule has 0 aromatic rings. The predicted octanol–water partition coefficient (Wildman–Crippen LogP) is 2.32. The minimum Gasteiger partial charge on any atom is -0.313 e. The maximum atomic E-state index is 3.75. The van der Waals surface area contributed by atoms with Gasteiger partial charge in [-0.3, -0.25) is 4.90 Å². The Morgan fingerprint density at radius 2 is 1.84 bits per heavy atom. The van der Waals surface area contributed by atoms with Crippen molar-refractivity contribution in [2.45, 2.75) is 70.5 Å². The van der Waals surface area contributed by atoms with Crippen LogP contribution in [0.1, 0.15) is 52.4 Å². The van der Waals surface area contributed by atoms with E-state index >= 15 is 0 Å². The summed E-state index contributed by atoms with van der Waals surface area (Å²) in [5.41, 5.74) is 0. The second kappa shape index (κ2) is 7.61. The van der Waals surface area contributed by atoms with Gasteiger partial charge in [-0.15, -0.1) is 0 Å². The summed E-state index contributed by atoms with van der Waals surface area (Å²) in [7, 11) is 2.29. The first-order valence-electron chi connectivity index (χ1n) is 8.44. The molecule has 3 nitrogen and oxygen atoms in total. The Hall–Kier alpha value is -0.120. The molecule has 0 radical (unpaired) electrons. The summed E-state index contributed by atoms with van der Waals surface area (Å²) in [6, 6.07) is 2.28. The summed E-state index contributed by atoms with van der Waals surface area (Å²) in [6.07, 6.45) is 8.25. The van der Waals surface area contributed by atoms with E-state index in [-0.39, 0.29) is 0 Å². The molecule has 1 aliphatic heterocycles. The van der Waals surface area contributed by atoms with Gasteiger partial charge in [-0.05, 0) is 45.8 Å². The Balaban J connectivity index is 2.06. The van der Waals surface area contributed by atoms with Gasteiger partial charge in [-0.1, -0.05) is 26.7 Å². The molecule has 1 heterocycles. The van der Waals surface area contributed by atoms with Crippen LogP contribution in [0.25, 0.3) is 0 Å². The van der Waals surface area contributed by atoms with Gasteiger partial charge in [0.25, 0.3) is 0 Å². The monoisotopic (exact) mass is 267 g/mol. The molecule has 0 aromatic carbocycles. The van der Waals surface area contributed by atoms with Crippen LogP contribution in [0.2, 0.25) is 0 Å². The number of nitrogens with one attached hydrogen (secondary N) is 1. The Labute approximate surface area is 119 Å². The molecule has 0 bridgehead atoms. The summed E-state index contributed by atoms with van der Waals surface area (Å²) in [6.45, 7) is 9.56. The van der Waals surface area contributed by atoms with Crippen LogP contribution in [0.4, 0.5) is 0 Å². The zero-order chi connectivity index (χ0) is 13.7. The second-order valence-corrected chi connectivity index (χ2v) is 6.43. The summed E-state index contributed by atoms with van der Waals surface area (Å²) in [5.74, 6) is 0. The molecule has 1 saturated carbocycles. The van der Waals surface area contributed by atoms with Crippen molar-refractivity contribution in [1.29, 1.82) is 0 Å². The summed E-state index contributed by atoms with van der Waals surface area (Å²) >= 11 is 0. The molecule has 1 aliphatic carbocycles. The highest BCUT2D eigenvalue weighted by atomic mass is 15.3. The van der Waals surface area contributed by atoms with E-state index in [9.17, 15) is 0 Å². The van der Waals surface area contributed by atoms with Crippen molar-refractivity contribution in [1.82, 2.24) is 15.1 Å². The van der Waals surface area contributed by atoms with Crippen LogP contribution in [-0.4, -0.2) is 61.2 Å². The lowest BCUT2D eigenvalue weighted by Gasteiger charge is -2.43. The number of hydrogen-bond donors (Lipinski definition) is 1. The molecule has 2 fully saturated rings. The minimum atomic E-state index is 0.733. The first-order valence-corrected chi connectivity index (χ1v) is 8.44. The van der Waals surface area contributed by atoms with Crippen molar-refractivity contribution >= 4 is 0 Å². The number of rotatable bonds is 4. The summed E-state index contributed by atoms with van der Waals surface area (Å²) < 4.78 is 0. The van der Waals surface area contributed by atoms with Crippen molar-refractivity contribution in [2.75, 3.05) is 33.2 Å². The largest absolute Gasteiger partial charge is 0.313 e. The van der Waals surface area contributed by atoms with Crippen molar-refractivity contribution in [3.8, 4) is 0 Å². The zero-order valence-corrected chi connectivity index (χ0v) is 13.2. The molecule has 0 aromatic heterocycles. The smallest absolute Gasteiger partial charge is 0.0252 e. The Kier molecular flexibility index (Phi) is 6.11. The average molecular weight is 267 g/mol. The lowest BCUT2D eigenvalue weighted by Crippen LogP contribution is -2.56. The maximum Gasteiger partial charge on any atom is 0.0252 e. The second-order valence-electron chi connectivity index (χ2n) is 6.43. The molecule has 3 unspecified atom stereocenters. The van der Waals surface area contributed by atoms with Crippen LogP contribution in [0.15, 0.2) is 0 Å². The molecule has 3 atom stereocenters. The SMILES string of the molecule is CCNC1CCCCC1N1CCCN(C)CC1CC. The van der Waals surface area contributed by atoms with Gasteiger partial charge in [0.15, 0.2) is 0 Å². The van der Waals surface area contributed by atoms with Crippen LogP contribution in [-0.2, 0) is 0 Å². The van der Waals surface area contributed by atoms with E-state index in [1.807, 2.05) is 0 Å². The van der Waals surface area contributed by atoms with Gasteiger partial charge in [0.05, 0.1) is 0 Å². The fourth-order valence-corrected chi connectivity index (χ4v) is 4.07. The van der Waals surface area contributed by atoms with E-state index in [1.165, 1.54) is 58.2 Å². The molecule has 2 aliphatic rings. The van der Waals surface area contributed by atoms with Gasteiger partial charge >= 0.3 is 0 Å². The maximum absolute atomic E-state index is 3.75. The quantitative estimate of drug-likeness (QED) is 0.843. The van der Waals surface area contributed by atoms with Crippen LogP contribution < -0.4 is 5.32 Å². The van der Waals surface area contributed by atoms with Gasteiger partial charge in [0.1, 0.15) is 0 Å². The van der Waals surface area contributed by atoms with Gasteiger partial charge in [0, 0.05) is 31.2 Å². The highest BCUT2D eigenvalue weighted by Gasteiger charge is 2.34. The first kappa shape index (κ1) is 15.3. The average Bonchev–Trinajstić information content (AvgIpc) is 2.61. The molecule has 2 rings (SSSR count). The van der Waals surface area contributed by atoms with Crippen LogP contribution in [0.3, 0.4) is 0 Å². The predicted molar refractivity (Wildman–Crippen MR) is 82.6 cm³/mol. The third kappa shape index (κ3) is 3.93. The zero-order valence-electron chi connectivity index (χ0n) is 13.2. The van der Waals surface area contributed by atoms with Crippen molar-refractivity contribution in [3.05, 3.63) is 0 Å². The minimum absolute atomic E-state index is 0.733. The van der Waals surface area contributed by atoms with E-state index in [0.717, 1.165) is 24.7 Å². The summed E-state index contributed by atoms with van der Waals surface area (Å²) in [4.78, 5) is 5.38. The van der Waals surface area contributed by atoms with Gasteiger partial charge in [-0.25, -0.2) is 0 Å². The van der Waals surface area contributed by atoms with Gasteiger partial charge in [-0.2, -0.15) is 0 Å². The normalized spacial score (nSPS) is 35.2. The van der Waals surface area contributed by atoms with Gasteiger partial charge < -0.3 is 10.2 Å². The fourth-order valence-electron chi connectivity index (χ4n) is 4.07. The Morgan fingerprint density at radius 3 is 2.58 bits per heavy atom. The molecule has 19 heavy (non-hydrogen) atoms. The number of hydrogen-bond acceptors (Lipinski definition) is 3. The highest BCUT2D eigenvalue weighted by Crippen LogP contribution is 2.27. The molecule has 1 saturated heterocycles. The fraction of sp³-hybridized carbons (Fsp3) is 1.00. The Bertz CT molecular complexity index is 254. The molecule has 0 spiro atoms. The van der Waals surface area contributed by atoms with Crippen molar-refractivity contribution in [2.24, 2.45) is 0 Å². The standard InChI is InChI=1S/C16H33N3/c1-4-14-13-18(3)11-8-12-19(14)16-10-7-6-9-15(16)17-5-2/h14-17H,4-13H2,1-3H3. The Morgan fingerprint density at radius 1 is 1.05 bits per heavy atom. The van der Waals surface area contributed by atoms with Gasteiger partial charge in [0.2, 0.25) is 0 Å². The topological polar surface area (TPSA) is 18.5 Å². The highest BCUT2D eigenvalue weighted by molar-refractivity contribution is 4.92. The molecule has 0 amide bonds. The van der Waals surface area contributed by atoms with E-state index in [2.05, 4.69) is 36.0 Å². The van der Waals surface area contributed by atoms with Crippen LogP contribution in [0.5, 0.6) is 0 Å². The number of nitrogens with zero attached hydrogens (tertiary/aromatic N) is 2. The van der Waals surface area contributed by atoms with Crippen LogP contribution >= 0.6 is 0 Å². The lowest BCUT2D eigenvalue weighted by molar-refractivity contribution is 0.0772. The van der Waals surface area contributed by atoms with E-state index < -0.39 is 0 Å². The molecule has 1 N–H and O–H groups in total. The summed E-state index contributed by atoms with van der Waals surface area (Å²) in [5, 5.41) is 3.75. The lowest BCUT2D eigenvalue weighted by atomic mass is 9.88. The van der Waals surface area contributed by atoms with Crippen LogP contribution in [0, 0.1) is 0 Å². The van der Waals surface area contributed by atoms with E-state index in [1.54, 1.807) is 0 Å². The van der Waals surface area contributed by atoms with Crippen molar-refractivity contribution in [3.63, 3.8) is 0 Å². The van der Waals surface area contributed by atoms with E-state index in [0.29, 0.717) is 0 Å². The molecule has 112 valence electrons. The van der Waals surface area contributed by atoms with Crippen molar-refractivity contribution < 1.29 is 0 Å². The third-order valence-electron chi connectivity index (χ3n) is 5.04. The first-order chi connectivity index (χ1) is 9.26. The number of likely N-dealkylation sites (N-methyl/N-ethyl adjacent to an activating group) is 2. The van der Waals surface area contributed by atoms with E-state index in [4.69, 9.17) is 0 Å². The molecule has 3 heteroatoms. The third-order valence-corrected chi connectivity index (χ3v) is 5.04. The molecular weight excluding hydrogens is 234 g/mol. The molecular formula is C16H33N3.